The summed E-state index contributed by atoms with van der Waals surface area (Å²) < 4.78 is 0. The molecule has 2 nitrogen and oxygen atoms in total. The lowest BCUT2D eigenvalue weighted by atomic mass is 9.75. The fraction of sp³-hybridized carbons (Fsp3) is 0.588. The minimum Gasteiger partial charge on any atom is -0.340 e. The average molecular weight is 261 g/mol. The number of hydrogen-bond acceptors (Lipinski definition) is 1. The van der Waals surface area contributed by atoms with Gasteiger partial charge in [-0.3, -0.25) is 4.79 Å². The minimum atomic E-state index is 0.0529. The Morgan fingerprint density at radius 2 is 1.68 bits per heavy atom. The number of carbonyl (C=O) groups excluding carboxylic acids is 1. The molecular weight excluding hydrogens is 234 g/mol. The molecular formula is C17H27NO. The molecule has 2 heteroatoms. The van der Waals surface area contributed by atoms with Gasteiger partial charge in [0.05, 0.1) is 0 Å². The van der Waals surface area contributed by atoms with Crippen LogP contribution in [-0.2, 0) is 4.79 Å². The maximum atomic E-state index is 11.7. The third-order valence-corrected chi connectivity index (χ3v) is 4.08. The van der Waals surface area contributed by atoms with Gasteiger partial charge < -0.3 is 4.90 Å². The van der Waals surface area contributed by atoms with Crippen molar-refractivity contribution in [1.82, 2.24) is 4.90 Å². The first-order valence-corrected chi connectivity index (χ1v) is 7.08. The summed E-state index contributed by atoms with van der Waals surface area (Å²) in [5, 5.41) is 0. The van der Waals surface area contributed by atoms with Crippen LogP contribution >= 0.6 is 0 Å². The van der Waals surface area contributed by atoms with E-state index in [1.165, 1.54) is 5.56 Å². The molecule has 1 aromatic rings. The normalized spacial score (nSPS) is 13.4. The molecule has 0 heterocycles. The Kier molecular flexibility index (Phi) is 5.16. The van der Waals surface area contributed by atoms with Crippen molar-refractivity contribution < 1.29 is 4.79 Å². The summed E-state index contributed by atoms with van der Waals surface area (Å²) >= 11 is 0. The molecule has 0 radical (unpaired) electrons. The molecule has 0 aliphatic rings. The lowest BCUT2D eigenvalue weighted by molar-refractivity contribution is -0.132. The molecule has 1 rings (SSSR count). The predicted octanol–water partition coefficient (Wildman–Crippen LogP) is 4.07. The molecule has 0 fully saturated rings. The molecule has 106 valence electrons. The zero-order chi connectivity index (χ0) is 14.6. The largest absolute Gasteiger partial charge is 0.340 e. The summed E-state index contributed by atoms with van der Waals surface area (Å²) in [5.74, 6) is 0.567. The van der Waals surface area contributed by atoms with Crippen LogP contribution in [0.15, 0.2) is 30.3 Å². The first-order valence-electron chi connectivity index (χ1n) is 7.08. The second kappa shape index (κ2) is 6.23. The number of carbonyl (C=O) groups is 1. The van der Waals surface area contributed by atoms with Crippen molar-refractivity contribution in [2.45, 2.75) is 53.5 Å². The molecule has 0 bridgehead atoms. The highest BCUT2D eigenvalue weighted by molar-refractivity contribution is 5.73. The van der Waals surface area contributed by atoms with Crippen LogP contribution in [0.2, 0.25) is 0 Å². The van der Waals surface area contributed by atoms with Crippen LogP contribution in [0.25, 0.3) is 0 Å². The summed E-state index contributed by atoms with van der Waals surface area (Å²) in [4.78, 5) is 13.7. The lowest BCUT2D eigenvalue weighted by Gasteiger charge is -2.39. The monoisotopic (exact) mass is 261 g/mol. The van der Waals surface area contributed by atoms with Gasteiger partial charge in [-0.1, -0.05) is 51.1 Å². The van der Waals surface area contributed by atoms with Gasteiger partial charge >= 0.3 is 0 Å². The Hall–Kier alpha value is -1.31. The van der Waals surface area contributed by atoms with Crippen molar-refractivity contribution in [2.24, 2.45) is 5.41 Å². The zero-order valence-corrected chi connectivity index (χ0v) is 13.1. The van der Waals surface area contributed by atoms with Crippen molar-refractivity contribution in [2.75, 3.05) is 6.54 Å². The molecule has 0 aliphatic carbocycles. The van der Waals surface area contributed by atoms with Gasteiger partial charge in [-0.15, -0.1) is 0 Å². The molecule has 0 N–H and O–H groups in total. The third kappa shape index (κ3) is 4.09. The van der Waals surface area contributed by atoms with E-state index in [1.54, 1.807) is 6.92 Å². The maximum absolute atomic E-state index is 11.7. The molecule has 0 spiro atoms. The Morgan fingerprint density at radius 1 is 1.16 bits per heavy atom. The van der Waals surface area contributed by atoms with Crippen molar-refractivity contribution >= 4 is 5.91 Å². The van der Waals surface area contributed by atoms with E-state index in [0.29, 0.717) is 5.92 Å². The third-order valence-electron chi connectivity index (χ3n) is 4.08. The molecule has 0 saturated heterocycles. The van der Waals surface area contributed by atoms with Crippen molar-refractivity contribution in [3.8, 4) is 0 Å². The maximum Gasteiger partial charge on any atom is 0.219 e. The summed E-state index contributed by atoms with van der Waals surface area (Å²) in [7, 11) is 0. The number of hydrogen-bond donors (Lipinski definition) is 0. The van der Waals surface area contributed by atoms with Gasteiger partial charge in [0.25, 0.3) is 0 Å². The van der Waals surface area contributed by atoms with Crippen molar-refractivity contribution in [3.63, 3.8) is 0 Å². The van der Waals surface area contributed by atoms with Gasteiger partial charge in [0.2, 0.25) is 5.91 Å². The number of amides is 1. The Balaban J connectivity index is 2.88. The van der Waals surface area contributed by atoms with Crippen LogP contribution in [0, 0.1) is 5.41 Å². The first kappa shape index (κ1) is 15.7. The summed E-state index contributed by atoms with van der Waals surface area (Å²) in [6.07, 6.45) is 0. The van der Waals surface area contributed by atoms with Crippen LogP contribution in [0.1, 0.15) is 53.0 Å². The van der Waals surface area contributed by atoms with E-state index in [2.05, 4.69) is 58.9 Å². The molecule has 1 atom stereocenters. The number of nitrogens with zero attached hydrogens (tertiary/aromatic N) is 1. The van der Waals surface area contributed by atoms with Gasteiger partial charge in [0.15, 0.2) is 0 Å². The second-order valence-corrected chi connectivity index (χ2v) is 6.36. The molecule has 0 aliphatic heterocycles. The molecule has 0 aromatic heterocycles. The SMILES string of the molecule is CC(=O)N(CC(C)(C)C(C)c1ccccc1)C(C)C. The lowest BCUT2D eigenvalue weighted by Crippen LogP contribution is -2.43. The van der Waals surface area contributed by atoms with Gasteiger partial charge in [-0.25, -0.2) is 0 Å². The van der Waals surface area contributed by atoms with Crippen molar-refractivity contribution in [3.05, 3.63) is 35.9 Å². The molecule has 1 amide bonds. The molecule has 1 unspecified atom stereocenters. The van der Waals surface area contributed by atoms with E-state index in [4.69, 9.17) is 0 Å². The number of benzene rings is 1. The van der Waals surface area contributed by atoms with Gasteiger partial charge in [-0.05, 0) is 30.7 Å². The van der Waals surface area contributed by atoms with Crippen LogP contribution in [-0.4, -0.2) is 23.4 Å². The van der Waals surface area contributed by atoms with E-state index in [-0.39, 0.29) is 17.4 Å². The van der Waals surface area contributed by atoms with E-state index in [9.17, 15) is 4.79 Å². The highest BCUT2D eigenvalue weighted by Crippen LogP contribution is 2.36. The van der Waals surface area contributed by atoms with Gasteiger partial charge in [0, 0.05) is 19.5 Å². The van der Waals surface area contributed by atoms with Crippen LogP contribution in [0.4, 0.5) is 0 Å². The zero-order valence-electron chi connectivity index (χ0n) is 13.1. The topological polar surface area (TPSA) is 20.3 Å². The highest BCUT2D eigenvalue weighted by atomic mass is 16.2. The van der Waals surface area contributed by atoms with Crippen LogP contribution < -0.4 is 0 Å². The highest BCUT2D eigenvalue weighted by Gasteiger charge is 2.31. The summed E-state index contributed by atoms with van der Waals surface area (Å²) in [6, 6.07) is 10.8. The van der Waals surface area contributed by atoms with Crippen molar-refractivity contribution in [1.29, 1.82) is 0 Å². The van der Waals surface area contributed by atoms with Gasteiger partial charge in [0.1, 0.15) is 0 Å². The Bertz CT molecular complexity index is 409. The van der Waals surface area contributed by atoms with Crippen LogP contribution in [0.3, 0.4) is 0 Å². The quantitative estimate of drug-likeness (QED) is 0.782. The standard InChI is InChI=1S/C17H27NO/c1-13(2)18(15(4)19)12-17(5,6)14(3)16-10-8-7-9-11-16/h7-11,13-14H,12H2,1-6H3. The molecule has 0 saturated carbocycles. The van der Waals surface area contributed by atoms with Crippen LogP contribution in [0.5, 0.6) is 0 Å². The minimum absolute atomic E-state index is 0.0529. The Morgan fingerprint density at radius 3 is 2.11 bits per heavy atom. The fourth-order valence-corrected chi connectivity index (χ4v) is 2.43. The Labute approximate surface area is 117 Å². The number of rotatable bonds is 5. The first-order chi connectivity index (χ1) is 8.75. The predicted molar refractivity (Wildman–Crippen MR) is 81.2 cm³/mol. The van der Waals surface area contributed by atoms with E-state index >= 15 is 0 Å². The van der Waals surface area contributed by atoms with E-state index < -0.39 is 0 Å². The second-order valence-electron chi connectivity index (χ2n) is 6.36. The van der Waals surface area contributed by atoms with Gasteiger partial charge in [-0.2, -0.15) is 0 Å². The smallest absolute Gasteiger partial charge is 0.219 e. The molecule has 19 heavy (non-hydrogen) atoms. The fourth-order valence-electron chi connectivity index (χ4n) is 2.43. The summed E-state index contributed by atoms with van der Waals surface area (Å²) in [5.41, 5.74) is 1.39. The summed E-state index contributed by atoms with van der Waals surface area (Å²) in [6.45, 7) is 13.3. The molecule has 1 aromatic carbocycles. The average Bonchev–Trinajstić information content (AvgIpc) is 2.35. The van der Waals surface area contributed by atoms with E-state index in [0.717, 1.165) is 6.54 Å². The van der Waals surface area contributed by atoms with E-state index in [1.807, 2.05) is 11.0 Å².